The number of hydrogen-bond donors (Lipinski definition) is 0. The lowest BCUT2D eigenvalue weighted by atomic mass is 10.1. The zero-order valence-electron chi connectivity index (χ0n) is 17.7. The van der Waals surface area contributed by atoms with Gasteiger partial charge in [-0.15, -0.1) is 0 Å². The molecule has 1 unspecified atom stereocenters. The number of rotatable bonds is 7. The van der Waals surface area contributed by atoms with E-state index in [1.807, 2.05) is 42.7 Å². The average Bonchev–Trinajstić information content (AvgIpc) is 3.33. The lowest BCUT2D eigenvalue weighted by molar-refractivity contribution is -0.136. The maximum atomic E-state index is 12.7. The van der Waals surface area contributed by atoms with E-state index in [1.165, 1.54) is 12.2 Å². The van der Waals surface area contributed by atoms with E-state index in [9.17, 15) is 9.59 Å². The minimum absolute atomic E-state index is 0.178. The first-order valence-corrected chi connectivity index (χ1v) is 10.9. The lowest BCUT2D eigenvalue weighted by Gasteiger charge is -2.27. The molecule has 4 rings (SSSR count). The Morgan fingerprint density at radius 1 is 1.19 bits per heavy atom. The van der Waals surface area contributed by atoms with Crippen molar-refractivity contribution in [2.24, 2.45) is 0 Å². The Bertz CT molecular complexity index is 1180. The smallest absolute Gasteiger partial charge is 0.331 e. The van der Waals surface area contributed by atoms with Gasteiger partial charge in [0.25, 0.3) is 0 Å². The largest absolute Gasteiger partial charge is 0.486 e. The van der Waals surface area contributed by atoms with Gasteiger partial charge in [0.05, 0.1) is 6.54 Å². The number of halogens is 1. The summed E-state index contributed by atoms with van der Waals surface area (Å²) in [4.78, 5) is 24.6. The van der Waals surface area contributed by atoms with Gasteiger partial charge in [-0.2, -0.15) is 0 Å². The molecule has 3 heterocycles. The molecule has 2 aromatic heterocycles. The summed E-state index contributed by atoms with van der Waals surface area (Å²) in [5, 5.41) is 0. The fourth-order valence-corrected chi connectivity index (χ4v) is 3.87. The minimum atomic E-state index is -0.619. The van der Waals surface area contributed by atoms with E-state index < -0.39 is 5.97 Å². The molecular weight excluding hydrogens is 478 g/mol. The molecule has 32 heavy (non-hydrogen) atoms. The van der Waals surface area contributed by atoms with Crippen molar-refractivity contribution in [1.82, 2.24) is 4.57 Å². The molecule has 0 spiro atoms. The maximum Gasteiger partial charge on any atom is 0.331 e. The van der Waals surface area contributed by atoms with Crippen LogP contribution in [0.15, 0.2) is 57.6 Å². The van der Waals surface area contributed by atoms with Crippen LogP contribution in [-0.2, 0) is 16.1 Å². The van der Waals surface area contributed by atoms with Crippen LogP contribution in [-0.4, -0.2) is 35.6 Å². The summed E-state index contributed by atoms with van der Waals surface area (Å²) in [5.74, 6) is 1.06. The van der Waals surface area contributed by atoms with Gasteiger partial charge >= 0.3 is 5.97 Å². The highest BCUT2D eigenvalue weighted by Gasteiger charge is 2.24. The van der Waals surface area contributed by atoms with Crippen LogP contribution in [0.2, 0.25) is 0 Å². The third-order valence-electron chi connectivity index (χ3n) is 5.15. The summed E-state index contributed by atoms with van der Waals surface area (Å²) in [6.07, 6.45) is 2.52. The molecule has 0 N–H and O–H groups in total. The number of aromatic nitrogens is 1. The second kappa shape index (κ2) is 9.48. The van der Waals surface area contributed by atoms with E-state index in [0.717, 1.165) is 17.1 Å². The summed E-state index contributed by atoms with van der Waals surface area (Å²) in [6.45, 7) is 4.42. The molecule has 0 amide bonds. The Labute approximate surface area is 193 Å². The molecular formula is C24H22BrNO6. The molecule has 0 radical (unpaired) electrons. The van der Waals surface area contributed by atoms with Gasteiger partial charge in [-0.3, -0.25) is 4.79 Å². The van der Waals surface area contributed by atoms with Crippen LogP contribution in [0.5, 0.6) is 11.5 Å². The highest BCUT2D eigenvalue weighted by Crippen LogP contribution is 2.31. The quantitative estimate of drug-likeness (QED) is 0.265. The molecule has 0 fully saturated rings. The molecule has 1 atom stereocenters. The van der Waals surface area contributed by atoms with Crippen LogP contribution in [0.3, 0.4) is 0 Å². The standard InChI is InChI=1S/C24H22BrNO6/c1-15-11-19(20(27)14-30-24(28)10-8-17-7-9-23(25)32-17)16(2)26(15)12-18-13-29-21-5-3-4-6-22(21)31-18/h3-11,18H,12-14H2,1-2H3/b10-8+. The first-order chi connectivity index (χ1) is 15.4. The number of carbonyl (C=O) groups excluding carboxylic acids is 2. The SMILES string of the molecule is Cc1cc(C(=O)COC(=O)/C=C/c2ccc(Br)o2)c(C)n1CC1COc2ccccc2O1. The van der Waals surface area contributed by atoms with Crippen LogP contribution >= 0.6 is 15.9 Å². The second-order valence-corrected chi connectivity index (χ2v) is 8.18. The van der Waals surface area contributed by atoms with Gasteiger partial charge in [0.15, 0.2) is 28.9 Å². The summed E-state index contributed by atoms with van der Waals surface area (Å²) in [7, 11) is 0. The molecule has 7 nitrogen and oxygen atoms in total. The molecule has 0 saturated carbocycles. The van der Waals surface area contributed by atoms with Gasteiger partial charge < -0.3 is 23.2 Å². The fraction of sp³-hybridized carbons (Fsp3) is 0.250. The zero-order chi connectivity index (χ0) is 22.7. The van der Waals surface area contributed by atoms with Crippen LogP contribution < -0.4 is 9.47 Å². The molecule has 1 aliphatic heterocycles. The Kier molecular flexibility index (Phi) is 6.50. The second-order valence-electron chi connectivity index (χ2n) is 7.40. The van der Waals surface area contributed by atoms with Crippen molar-refractivity contribution in [3.05, 3.63) is 75.9 Å². The predicted octanol–water partition coefficient (Wildman–Crippen LogP) is 4.74. The van der Waals surface area contributed by atoms with E-state index in [2.05, 4.69) is 15.9 Å². The number of para-hydroxylation sites is 2. The van der Waals surface area contributed by atoms with E-state index in [-0.39, 0.29) is 18.5 Å². The number of fused-ring (bicyclic) bond motifs is 1. The van der Waals surface area contributed by atoms with Crippen molar-refractivity contribution < 1.29 is 28.2 Å². The molecule has 0 saturated heterocycles. The van der Waals surface area contributed by atoms with E-state index in [0.29, 0.717) is 34.9 Å². The Hall–Kier alpha value is -3.26. The van der Waals surface area contributed by atoms with E-state index >= 15 is 0 Å². The molecule has 8 heteroatoms. The summed E-state index contributed by atoms with van der Waals surface area (Å²) < 4.78 is 24.8. The average molecular weight is 500 g/mol. The van der Waals surface area contributed by atoms with E-state index in [4.69, 9.17) is 18.6 Å². The van der Waals surface area contributed by atoms with Crippen molar-refractivity contribution in [3.8, 4) is 11.5 Å². The van der Waals surface area contributed by atoms with Crippen molar-refractivity contribution in [3.63, 3.8) is 0 Å². The van der Waals surface area contributed by atoms with Gasteiger partial charge in [0, 0.05) is 23.0 Å². The topological polar surface area (TPSA) is 79.9 Å². The van der Waals surface area contributed by atoms with Crippen molar-refractivity contribution in [2.75, 3.05) is 13.2 Å². The number of furan rings is 1. The first kappa shape index (κ1) is 22.0. The van der Waals surface area contributed by atoms with Crippen molar-refractivity contribution in [2.45, 2.75) is 26.5 Å². The normalized spacial score (nSPS) is 15.2. The van der Waals surface area contributed by atoms with Crippen molar-refractivity contribution in [1.29, 1.82) is 0 Å². The Morgan fingerprint density at radius 2 is 1.97 bits per heavy atom. The molecule has 0 bridgehead atoms. The number of benzene rings is 1. The number of hydrogen-bond acceptors (Lipinski definition) is 6. The number of aryl methyl sites for hydroxylation is 1. The molecule has 1 aliphatic rings. The number of ether oxygens (including phenoxy) is 3. The highest BCUT2D eigenvalue weighted by molar-refractivity contribution is 9.10. The number of esters is 1. The summed E-state index contributed by atoms with van der Waals surface area (Å²) in [6, 6.07) is 12.8. The van der Waals surface area contributed by atoms with E-state index in [1.54, 1.807) is 18.2 Å². The van der Waals surface area contributed by atoms with Crippen molar-refractivity contribution >= 4 is 33.8 Å². The van der Waals surface area contributed by atoms with Gasteiger partial charge in [-0.05, 0) is 66.2 Å². The third-order valence-corrected chi connectivity index (χ3v) is 5.58. The highest BCUT2D eigenvalue weighted by atomic mass is 79.9. The number of ketones is 1. The number of nitrogens with zero attached hydrogens (tertiary/aromatic N) is 1. The third kappa shape index (κ3) is 4.96. The van der Waals surface area contributed by atoms with Gasteiger partial charge in [0.2, 0.25) is 5.78 Å². The molecule has 166 valence electrons. The van der Waals surface area contributed by atoms with Crippen LogP contribution in [0.25, 0.3) is 6.08 Å². The van der Waals surface area contributed by atoms with Gasteiger partial charge in [-0.1, -0.05) is 12.1 Å². The molecule has 0 aliphatic carbocycles. The maximum absolute atomic E-state index is 12.7. The van der Waals surface area contributed by atoms with Gasteiger partial charge in [0.1, 0.15) is 12.4 Å². The monoisotopic (exact) mass is 499 g/mol. The fourth-order valence-electron chi connectivity index (χ4n) is 3.55. The number of carbonyl (C=O) groups is 2. The van der Waals surface area contributed by atoms with Crippen LogP contribution in [0.4, 0.5) is 0 Å². The number of Topliss-reactive ketones (excluding diaryl/α,β-unsaturated/α-hetero) is 1. The Morgan fingerprint density at radius 3 is 2.72 bits per heavy atom. The molecule has 3 aromatic rings. The molecule has 1 aromatic carbocycles. The van der Waals surface area contributed by atoms with Crippen LogP contribution in [0.1, 0.15) is 27.5 Å². The Balaban J connectivity index is 1.36. The lowest BCUT2D eigenvalue weighted by Crippen LogP contribution is -2.33. The predicted molar refractivity (Wildman–Crippen MR) is 121 cm³/mol. The van der Waals surface area contributed by atoms with Gasteiger partial charge in [-0.25, -0.2) is 4.79 Å². The zero-order valence-corrected chi connectivity index (χ0v) is 19.3. The summed E-state index contributed by atoms with van der Waals surface area (Å²) in [5.41, 5.74) is 2.23. The summed E-state index contributed by atoms with van der Waals surface area (Å²) >= 11 is 3.19. The first-order valence-electron chi connectivity index (χ1n) is 10.1. The van der Waals surface area contributed by atoms with Crippen LogP contribution in [0, 0.1) is 13.8 Å². The minimum Gasteiger partial charge on any atom is -0.486 e.